The lowest BCUT2D eigenvalue weighted by atomic mass is 10.0. The first-order chi connectivity index (χ1) is 18.0. The Hall–Kier alpha value is -4.32. The van der Waals surface area contributed by atoms with Crippen LogP contribution in [0.2, 0.25) is 0 Å². The van der Waals surface area contributed by atoms with Crippen molar-refractivity contribution in [3.63, 3.8) is 0 Å². The first-order valence-corrected chi connectivity index (χ1v) is 13.4. The van der Waals surface area contributed by atoms with E-state index in [9.17, 15) is 27.5 Å². The third kappa shape index (κ3) is 5.35. The van der Waals surface area contributed by atoms with Crippen LogP contribution in [0.25, 0.3) is 22.0 Å². The van der Waals surface area contributed by atoms with Crippen LogP contribution < -0.4 is 14.6 Å². The van der Waals surface area contributed by atoms with Crippen molar-refractivity contribution in [2.45, 2.75) is 25.9 Å². The Morgan fingerprint density at radius 2 is 1.82 bits per heavy atom. The van der Waals surface area contributed by atoms with Crippen LogP contribution in [0.15, 0.2) is 65.5 Å². The van der Waals surface area contributed by atoms with Gasteiger partial charge in [-0.15, -0.1) is 5.10 Å². The van der Waals surface area contributed by atoms with E-state index in [0.717, 1.165) is 20.8 Å². The van der Waals surface area contributed by atoms with Gasteiger partial charge in [0, 0.05) is 6.54 Å². The van der Waals surface area contributed by atoms with Crippen LogP contribution in [0.3, 0.4) is 0 Å². The summed E-state index contributed by atoms with van der Waals surface area (Å²) in [6, 6.07) is 14.0. The summed E-state index contributed by atoms with van der Waals surface area (Å²) in [6.07, 6.45) is 0.653. The first kappa shape index (κ1) is 26.7. The molecular weight excluding hydrogens is 515 g/mol. The predicted molar refractivity (Wildman–Crippen MR) is 140 cm³/mol. The van der Waals surface area contributed by atoms with E-state index in [2.05, 4.69) is 10.3 Å². The fraction of sp³-hybridized carbons (Fsp3) is 0.231. The number of fused-ring (bicyclic) bond motifs is 1. The number of rotatable bonds is 9. The highest BCUT2D eigenvalue weighted by molar-refractivity contribution is 7.92. The molecule has 0 fully saturated rings. The van der Waals surface area contributed by atoms with Crippen molar-refractivity contribution in [1.82, 2.24) is 15.0 Å². The minimum Gasteiger partial charge on any atom is -0.494 e. The van der Waals surface area contributed by atoms with Crippen LogP contribution in [0, 0.1) is 12.7 Å². The van der Waals surface area contributed by atoms with Gasteiger partial charge in [0.1, 0.15) is 11.6 Å². The first-order valence-electron chi connectivity index (χ1n) is 11.5. The molecule has 38 heavy (non-hydrogen) atoms. The summed E-state index contributed by atoms with van der Waals surface area (Å²) < 4.78 is 46.4. The predicted octanol–water partition coefficient (Wildman–Crippen LogP) is 3.22. The highest BCUT2D eigenvalue weighted by atomic mass is 32.2. The molecule has 0 aliphatic heterocycles. The quantitative estimate of drug-likeness (QED) is 0.342. The molecule has 3 aromatic carbocycles. The second kappa shape index (κ2) is 10.6. The van der Waals surface area contributed by atoms with Crippen LogP contribution in [0.4, 0.5) is 10.1 Å². The number of halogens is 1. The summed E-state index contributed by atoms with van der Waals surface area (Å²) in [5.74, 6) is -1.86. The summed E-state index contributed by atoms with van der Waals surface area (Å²) in [5.41, 5.74) is 1.98. The second-order valence-corrected chi connectivity index (χ2v) is 10.5. The van der Waals surface area contributed by atoms with E-state index in [1.165, 1.54) is 31.4 Å². The van der Waals surface area contributed by atoms with Crippen molar-refractivity contribution in [3.8, 4) is 16.9 Å². The van der Waals surface area contributed by atoms with E-state index in [1.54, 1.807) is 43.3 Å². The minimum atomic E-state index is -4.06. The highest BCUT2D eigenvalue weighted by Gasteiger charge is 2.33. The SMILES string of the molecule is COc1ccc(-c2ccc(N([C@H](CCn3nnc4c(C)cccc4c3=O)C(=O)O)S(C)(=O)=O)cc2)cc1F. The van der Waals surface area contributed by atoms with Gasteiger partial charge in [0.15, 0.2) is 11.6 Å². The Morgan fingerprint density at radius 1 is 1.13 bits per heavy atom. The number of aliphatic carboxylic acids is 1. The number of ether oxygens (including phenoxy) is 1. The smallest absolute Gasteiger partial charge is 0.327 e. The van der Waals surface area contributed by atoms with Gasteiger partial charge in [-0.2, -0.15) is 0 Å². The van der Waals surface area contributed by atoms with Crippen molar-refractivity contribution >= 4 is 32.6 Å². The molecule has 0 saturated heterocycles. The van der Waals surface area contributed by atoms with E-state index in [1.807, 2.05) is 0 Å². The van der Waals surface area contributed by atoms with E-state index in [-0.39, 0.29) is 24.4 Å². The lowest BCUT2D eigenvalue weighted by Gasteiger charge is -2.29. The van der Waals surface area contributed by atoms with Gasteiger partial charge in [0.25, 0.3) is 5.56 Å². The van der Waals surface area contributed by atoms with Crippen LogP contribution in [-0.2, 0) is 21.4 Å². The normalized spacial score (nSPS) is 12.3. The third-order valence-electron chi connectivity index (χ3n) is 6.10. The summed E-state index contributed by atoms with van der Waals surface area (Å²) in [4.78, 5) is 25.1. The molecule has 0 bridgehead atoms. The van der Waals surface area contributed by atoms with Crippen molar-refractivity contribution < 1.29 is 27.4 Å². The van der Waals surface area contributed by atoms with Gasteiger partial charge in [-0.3, -0.25) is 9.10 Å². The number of aryl methyl sites for hydroxylation is 2. The maximum Gasteiger partial charge on any atom is 0.327 e. The molecule has 1 atom stereocenters. The average molecular weight is 541 g/mol. The van der Waals surface area contributed by atoms with Crippen molar-refractivity contribution in [2.75, 3.05) is 17.7 Å². The number of anilines is 1. The number of carbonyl (C=O) groups is 1. The van der Waals surface area contributed by atoms with E-state index in [0.29, 0.717) is 22.0 Å². The number of nitrogens with zero attached hydrogens (tertiary/aromatic N) is 4. The fourth-order valence-electron chi connectivity index (χ4n) is 4.22. The Balaban J connectivity index is 1.64. The summed E-state index contributed by atoms with van der Waals surface area (Å²) in [7, 11) is -2.70. The zero-order valence-corrected chi connectivity index (χ0v) is 21.6. The van der Waals surface area contributed by atoms with Gasteiger partial charge in [-0.05, 0) is 60.4 Å². The van der Waals surface area contributed by atoms with Crippen LogP contribution in [0.1, 0.15) is 12.0 Å². The molecule has 0 aliphatic rings. The van der Waals surface area contributed by atoms with Crippen LogP contribution in [0.5, 0.6) is 5.75 Å². The summed E-state index contributed by atoms with van der Waals surface area (Å²) in [6.45, 7) is 1.61. The topological polar surface area (TPSA) is 132 Å². The molecule has 198 valence electrons. The van der Waals surface area contributed by atoms with E-state index in [4.69, 9.17) is 4.74 Å². The number of carboxylic acid groups (broad SMARTS) is 1. The summed E-state index contributed by atoms with van der Waals surface area (Å²) in [5, 5.41) is 18.3. The number of methoxy groups -OCH3 is 1. The lowest BCUT2D eigenvalue weighted by molar-refractivity contribution is -0.138. The maximum atomic E-state index is 14.1. The van der Waals surface area contributed by atoms with Crippen LogP contribution >= 0.6 is 0 Å². The molecule has 1 heterocycles. The summed E-state index contributed by atoms with van der Waals surface area (Å²) >= 11 is 0. The molecule has 0 aliphatic carbocycles. The monoisotopic (exact) mass is 540 g/mol. The van der Waals surface area contributed by atoms with Gasteiger partial charge in [0.2, 0.25) is 10.0 Å². The number of hydrogen-bond donors (Lipinski definition) is 1. The zero-order valence-electron chi connectivity index (χ0n) is 20.8. The van der Waals surface area contributed by atoms with Crippen molar-refractivity contribution in [3.05, 3.63) is 82.4 Å². The Morgan fingerprint density at radius 3 is 2.42 bits per heavy atom. The van der Waals surface area contributed by atoms with Gasteiger partial charge >= 0.3 is 5.97 Å². The standard InChI is InChI=1S/C26H25FN4O6S/c1-16-5-4-6-20-24(16)28-29-30(25(20)32)14-13-22(26(33)34)31(38(3,35)36)19-10-7-17(8-11-19)18-9-12-23(37-2)21(27)15-18/h4-12,15,22H,13-14H2,1-3H3,(H,33,34)/t22-/m1/s1. The zero-order chi connectivity index (χ0) is 27.6. The second-order valence-electron chi connectivity index (χ2n) is 8.69. The lowest BCUT2D eigenvalue weighted by Crippen LogP contribution is -2.46. The van der Waals surface area contributed by atoms with Gasteiger partial charge in [0.05, 0.1) is 24.4 Å². The highest BCUT2D eigenvalue weighted by Crippen LogP contribution is 2.29. The van der Waals surface area contributed by atoms with Crippen LogP contribution in [-0.4, -0.2) is 53.9 Å². The molecule has 4 aromatic rings. The number of carboxylic acids is 1. The molecule has 1 aromatic heterocycles. The minimum absolute atomic E-state index is 0.0864. The number of hydrogen-bond acceptors (Lipinski definition) is 7. The van der Waals surface area contributed by atoms with Gasteiger partial charge in [-0.1, -0.05) is 35.5 Å². The molecule has 0 amide bonds. The number of benzene rings is 3. The number of sulfonamides is 1. The number of aromatic nitrogens is 3. The molecule has 0 unspecified atom stereocenters. The maximum absolute atomic E-state index is 14.1. The third-order valence-corrected chi connectivity index (χ3v) is 7.28. The fourth-order valence-corrected chi connectivity index (χ4v) is 5.39. The van der Waals surface area contributed by atoms with E-state index < -0.39 is 33.4 Å². The van der Waals surface area contributed by atoms with Crippen molar-refractivity contribution in [2.24, 2.45) is 0 Å². The molecule has 0 saturated carbocycles. The molecule has 12 heteroatoms. The Kier molecular flexibility index (Phi) is 7.44. The molecule has 1 N–H and O–H groups in total. The average Bonchev–Trinajstić information content (AvgIpc) is 2.87. The largest absolute Gasteiger partial charge is 0.494 e. The van der Waals surface area contributed by atoms with E-state index >= 15 is 0 Å². The Bertz CT molecular complexity index is 1670. The molecule has 4 rings (SSSR count). The Labute approximate surface area is 218 Å². The molecule has 0 radical (unpaired) electrons. The van der Waals surface area contributed by atoms with Gasteiger partial charge in [-0.25, -0.2) is 22.3 Å². The van der Waals surface area contributed by atoms with Gasteiger partial charge < -0.3 is 9.84 Å². The molecule has 0 spiro atoms. The molecule has 10 nitrogen and oxygen atoms in total. The van der Waals surface area contributed by atoms with Crippen molar-refractivity contribution in [1.29, 1.82) is 0 Å². The molecular formula is C26H25FN4O6S.